The Morgan fingerprint density at radius 3 is 2.43 bits per heavy atom. The van der Waals surface area contributed by atoms with E-state index in [1.807, 2.05) is 36.4 Å². The maximum Gasteiger partial charge on any atom is 0.191 e. The molecule has 1 fully saturated rings. The second-order valence-electron chi connectivity index (χ2n) is 7.06. The summed E-state index contributed by atoms with van der Waals surface area (Å²) in [5.41, 5.74) is 2.33. The van der Waals surface area contributed by atoms with E-state index >= 15 is 0 Å². The first-order valence-electron chi connectivity index (χ1n) is 10.3. The van der Waals surface area contributed by atoms with Crippen molar-refractivity contribution in [3.8, 4) is 11.5 Å². The van der Waals surface area contributed by atoms with Gasteiger partial charge in [-0.15, -0.1) is 0 Å². The van der Waals surface area contributed by atoms with Crippen LogP contribution >= 0.6 is 0 Å². The molecule has 2 N–H and O–H groups in total. The molecule has 7 heteroatoms. The summed E-state index contributed by atoms with van der Waals surface area (Å²) in [4.78, 5) is 6.84. The van der Waals surface area contributed by atoms with Gasteiger partial charge in [-0.05, 0) is 23.8 Å². The van der Waals surface area contributed by atoms with Gasteiger partial charge in [-0.25, -0.2) is 0 Å². The number of rotatable bonds is 8. The van der Waals surface area contributed by atoms with Crippen molar-refractivity contribution in [2.45, 2.75) is 12.6 Å². The summed E-state index contributed by atoms with van der Waals surface area (Å²) in [5, 5.41) is 6.87. The zero-order valence-corrected chi connectivity index (χ0v) is 18.1. The van der Waals surface area contributed by atoms with E-state index in [2.05, 4.69) is 32.7 Å². The number of guanidine groups is 1. The van der Waals surface area contributed by atoms with Crippen molar-refractivity contribution in [2.75, 3.05) is 54.1 Å². The maximum absolute atomic E-state index is 5.55. The molecule has 3 rings (SSSR count). The number of nitrogens with zero attached hydrogens (tertiary/aromatic N) is 2. The zero-order valence-electron chi connectivity index (χ0n) is 18.1. The fourth-order valence-corrected chi connectivity index (χ4v) is 3.61. The van der Waals surface area contributed by atoms with Crippen LogP contribution in [0.4, 0.5) is 0 Å². The third kappa shape index (κ3) is 5.87. The number of nitrogens with one attached hydrogen (secondary N) is 2. The normalized spacial score (nSPS) is 16.0. The number of methoxy groups -OCH3 is 2. The van der Waals surface area contributed by atoms with Crippen molar-refractivity contribution in [3.63, 3.8) is 0 Å². The molecular formula is C23H32N4O3. The molecule has 0 aromatic heterocycles. The quantitative estimate of drug-likeness (QED) is 0.513. The first-order valence-corrected chi connectivity index (χ1v) is 10.3. The summed E-state index contributed by atoms with van der Waals surface area (Å²) in [7, 11) is 5.16. The molecular weight excluding hydrogens is 380 g/mol. The van der Waals surface area contributed by atoms with E-state index in [1.54, 1.807) is 21.3 Å². The third-order valence-corrected chi connectivity index (χ3v) is 5.31. The van der Waals surface area contributed by atoms with Crippen LogP contribution in [-0.2, 0) is 11.3 Å². The highest BCUT2D eigenvalue weighted by molar-refractivity contribution is 5.79. The lowest BCUT2D eigenvalue weighted by molar-refractivity contribution is 0.0170. The second kappa shape index (κ2) is 11.4. The van der Waals surface area contributed by atoms with E-state index in [0.717, 1.165) is 55.9 Å². The van der Waals surface area contributed by atoms with Crippen molar-refractivity contribution in [2.24, 2.45) is 4.99 Å². The van der Waals surface area contributed by atoms with Crippen LogP contribution < -0.4 is 20.1 Å². The minimum absolute atomic E-state index is 0.213. The number of hydrogen-bond donors (Lipinski definition) is 2. The highest BCUT2D eigenvalue weighted by atomic mass is 16.5. The van der Waals surface area contributed by atoms with Gasteiger partial charge in [-0.1, -0.05) is 30.3 Å². The fraction of sp³-hybridized carbons (Fsp3) is 0.435. The van der Waals surface area contributed by atoms with E-state index < -0.39 is 0 Å². The van der Waals surface area contributed by atoms with Crippen LogP contribution in [0.1, 0.15) is 17.2 Å². The topological polar surface area (TPSA) is 67.4 Å². The molecule has 0 saturated carbocycles. The number of ether oxygens (including phenoxy) is 3. The molecule has 1 aliphatic heterocycles. The minimum Gasteiger partial charge on any atom is -0.497 e. The van der Waals surface area contributed by atoms with Crippen molar-refractivity contribution >= 4 is 5.96 Å². The molecule has 0 amide bonds. The van der Waals surface area contributed by atoms with Crippen molar-refractivity contribution in [1.82, 2.24) is 15.5 Å². The van der Waals surface area contributed by atoms with Gasteiger partial charge in [0.25, 0.3) is 0 Å². The first-order chi connectivity index (χ1) is 14.7. The lowest BCUT2D eigenvalue weighted by atomic mass is 10.0. The Balaban J connectivity index is 1.65. The highest BCUT2D eigenvalue weighted by Gasteiger charge is 2.23. The number of para-hydroxylation sites is 1. The monoisotopic (exact) mass is 412 g/mol. The second-order valence-corrected chi connectivity index (χ2v) is 7.06. The molecule has 0 radical (unpaired) electrons. The molecule has 1 saturated heterocycles. The van der Waals surface area contributed by atoms with Gasteiger partial charge in [0, 0.05) is 38.8 Å². The van der Waals surface area contributed by atoms with Crippen LogP contribution in [0.15, 0.2) is 53.5 Å². The van der Waals surface area contributed by atoms with Crippen LogP contribution in [0.3, 0.4) is 0 Å². The summed E-state index contributed by atoms with van der Waals surface area (Å²) in [6.07, 6.45) is 0. The molecule has 2 aromatic carbocycles. The number of morpholine rings is 1. The smallest absolute Gasteiger partial charge is 0.191 e. The lowest BCUT2D eigenvalue weighted by Gasteiger charge is -2.35. The van der Waals surface area contributed by atoms with Gasteiger partial charge < -0.3 is 24.8 Å². The van der Waals surface area contributed by atoms with Crippen LogP contribution in [-0.4, -0.2) is 65.0 Å². The standard InChI is InChI=1S/C23H32N4O3/c1-24-23(25-16-19-6-4-5-7-22(19)29-3)26-17-21(27-12-14-30-15-13-27)18-8-10-20(28-2)11-9-18/h4-11,21H,12-17H2,1-3H3,(H2,24,25,26). The van der Waals surface area contributed by atoms with Gasteiger partial charge in [-0.2, -0.15) is 0 Å². The Morgan fingerprint density at radius 1 is 1.03 bits per heavy atom. The van der Waals surface area contributed by atoms with E-state index in [0.29, 0.717) is 6.54 Å². The summed E-state index contributed by atoms with van der Waals surface area (Å²) in [6, 6.07) is 16.5. The molecule has 2 aromatic rings. The zero-order chi connectivity index (χ0) is 21.2. The molecule has 30 heavy (non-hydrogen) atoms. The van der Waals surface area contributed by atoms with Crippen LogP contribution in [0.2, 0.25) is 0 Å². The molecule has 1 unspecified atom stereocenters. The van der Waals surface area contributed by atoms with E-state index in [9.17, 15) is 0 Å². The van der Waals surface area contributed by atoms with Crippen LogP contribution in [0.5, 0.6) is 11.5 Å². The molecule has 1 heterocycles. The molecule has 1 aliphatic rings. The Hall–Kier alpha value is -2.77. The Kier molecular flexibility index (Phi) is 8.35. The molecule has 0 aliphatic carbocycles. The number of hydrogen-bond acceptors (Lipinski definition) is 5. The van der Waals surface area contributed by atoms with Gasteiger partial charge in [0.15, 0.2) is 5.96 Å². The van der Waals surface area contributed by atoms with Gasteiger partial charge in [0.2, 0.25) is 0 Å². The molecule has 0 bridgehead atoms. The molecule has 0 spiro atoms. The fourth-order valence-electron chi connectivity index (χ4n) is 3.61. The summed E-state index contributed by atoms with van der Waals surface area (Å²) in [5.74, 6) is 2.49. The average molecular weight is 413 g/mol. The lowest BCUT2D eigenvalue weighted by Crippen LogP contribution is -2.46. The first kappa shape index (κ1) is 21.9. The molecule has 7 nitrogen and oxygen atoms in total. The van der Waals surface area contributed by atoms with Gasteiger partial charge in [0.05, 0.1) is 33.5 Å². The van der Waals surface area contributed by atoms with Gasteiger partial charge in [0.1, 0.15) is 11.5 Å². The third-order valence-electron chi connectivity index (χ3n) is 5.31. The SMILES string of the molecule is CN=C(NCc1ccccc1OC)NCC(c1ccc(OC)cc1)N1CCOCC1. The van der Waals surface area contributed by atoms with Crippen LogP contribution in [0, 0.1) is 0 Å². The van der Waals surface area contributed by atoms with Crippen molar-refractivity contribution < 1.29 is 14.2 Å². The van der Waals surface area contributed by atoms with Crippen molar-refractivity contribution in [3.05, 3.63) is 59.7 Å². The number of benzene rings is 2. The predicted octanol–water partition coefficient (Wildman–Crippen LogP) is 2.44. The minimum atomic E-state index is 0.213. The van der Waals surface area contributed by atoms with E-state index in [4.69, 9.17) is 14.2 Å². The Morgan fingerprint density at radius 2 is 1.77 bits per heavy atom. The highest BCUT2D eigenvalue weighted by Crippen LogP contribution is 2.23. The van der Waals surface area contributed by atoms with Gasteiger partial charge >= 0.3 is 0 Å². The average Bonchev–Trinajstić information content (AvgIpc) is 2.82. The summed E-state index contributed by atoms with van der Waals surface area (Å²) in [6.45, 7) is 4.70. The van der Waals surface area contributed by atoms with Crippen LogP contribution in [0.25, 0.3) is 0 Å². The summed E-state index contributed by atoms with van der Waals surface area (Å²) >= 11 is 0. The Bertz CT molecular complexity index is 804. The molecule has 1 atom stereocenters. The Labute approximate surface area is 179 Å². The number of aliphatic imine (C=N–C) groups is 1. The summed E-state index contributed by atoms with van der Waals surface area (Å²) < 4.78 is 16.3. The largest absolute Gasteiger partial charge is 0.497 e. The predicted molar refractivity (Wildman–Crippen MR) is 119 cm³/mol. The van der Waals surface area contributed by atoms with E-state index in [-0.39, 0.29) is 6.04 Å². The maximum atomic E-state index is 5.55. The van der Waals surface area contributed by atoms with Gasteiger partial charge in [-0.3, -0.25) is 9.89 Å². The van der Waals surface area contributed by atoms with E-state index in [1.165, 1.54) is 5.56 Å². The molecule has 162 valence electrons. The van der Waals surface area contributed by atoms with Crippen molar-refractivity contribution in [1.29, 1.82) is 0 Å².